The van der Waals surface area contributed by atoms with E-state index >= 15 is 0 Å². The number of rotatable bonds is 3. The Morgan fingerprint density at radius 3 is 2.69 bits per heavy atom. The van der Waals surface area contributed by atoms with E-state index < -0.39 is 29.1 Å². The summed E-state index contributed by atoms with van der Waals surface area (Å²) in [4.78, 5) is 25.4. The van der Waals surface area contributed by atoms with Gasteiger partial charge in [0.15, 0.2) is 5.75 Å². The lowest BCUT2D eigenvalue weighted by Gasteiger charge is -2.28. The van der Waals surface area contributed by atoms with E-state index in [9.17, 15) is 18.4 Å². The molecule has 1 aliphatic rings. The molecule has 1 atom stereocenters. The van der Waals surface area contributed by atoms with Gasteiger partial charge in [-0.1, -0.05) is 18.2 Å². The maximum Gasteiger partial charge on any atom is 0.344 e. The van der Waals surface area contributed by atoms with Crippen molar-refractivity contribution in [1.82, 2.24) is 0 Å². The van der Waals surface area contributed by atoms with Crippen LogP contribution in [0, 0.1) is 11.6 Å². The van der Waals surface area contributed by atoms with Gasteiger partial charge in [-0.2, -0.15) is 0 Å². The third-order valence-corrected chi connectivity index (χ3v) is 4.62. The molecule has 2 heterocycles. The van der Waals surface area contributed by atoms with Gasteiger partial charge in [-0.25, -0.2) is 18.4 Å². The highest BCUT2D eigenvalue weighted by atomic mass is 19.1. The van der Waals surface area contributed by atoms with Gasteiger partial charge in [0.2, 0.25) is 5.88 Å². The molecule has 2 aromatic carbocycles. The molecule has 2 N–H and O–H groups in total. The predicted octanol–water partition coefficient (Wildman–Crippen LogP) is 3.33. The summed E-state index contributed by atoms with van der Waals surface area (Å²) in [6.45, 7) is 1.61. The van der Waals surface area contributed by atoms with Gasteiger partial charge in [-0.3, -0.25) is 0 Å². The highest BCUT2D eigenvalue weighted by Gasteiger charge is 2.40. The maximum absolute atomic E-state index is 14.7. The average molecular weight is 399 g/mol. The second kappa shape index (κ2) is 7.05. The average Bonchev–Trinajstić information content (AvgIpc) is 2.67. The summed E-state index contributed by atoms with van der Waals surface area (Å²) in [6.07, 6.45) is 0. The Morgan fingerprint density at radius 2 is 1.97 bits per heavy atom. The van der Waals surface area contributed by atoms with Gasteiger partial charge < -0.3 is 19.6 Å². The molecule has 3 aromatic rings. The third kappa shape index (κ3) is 3.02. The number of benzene rings is 2. The molecule has 1 aromatic heterocycles. The van der Waals surface area contributed by atoms with Crippen LogP contribution in [0.25, 0.3) is 11.0 Å². The number of carbonyl (C=O) groups excluding carboxylic acids is 1. The van der Waals surface area contributed by atoms with Crippen LogP contribution in [0.1, 0.15) is 24.0 Å². The second-order valence-corrected chi connectivity index (χ2v) is 6.33. The van der Waals surface area contributed by atoms with Crippen molar-refractivity contribution in [2.75, 3.05) is 6.61 Å². The largest absolute Gasteiger partial charge is 0.462 e. The number of hydrogen-bond acceptors (Lipinski definition) is 6. The number of para-hydroxylation sites is 1. The summed E-state index contributed by atoms with van der Waals surface area (Å²) in [6, 6.07) is 9.39. The first-order chi connectivity index (χ1) is 13.9. The summed E-state index contributed by atoms with van der Waals surface area (Å²) in [5.74, 6) is -4.21. The summed E-state index contributed by atoms with van der Waals surface area (Å²) < 4.78 is 44.2. The van der Waals surface area contributed by atoms with Crippen LogP contribution in [0.5, 0.6) is 5.75 Å². The first kappa shape index (κ1) is 18.7. The minimum Gasteiger partial charge on any atom is -0.462 e. The normalized spacial score (nSPS) is 15.8. The molecule has 0 spiro atoms. The molecule has 29 heavy (non-hydrogen) atoms. The van der Waals surface area contributed by atoms with E-state index in [0.717, 1.165) is 12.1 Å². The molecule has 0 radical (unpaired) electrons. The number of carbonyl (C=O) groups is 1. The molecule has 148 valence electrons. The van der Waals surface area contributed by atoms with Crippen LogP contribution in [0.3, 0.4) is 0 Å². The molecule has 0 bridgehead atoms. The number of esters is 1. The van der Waals surface area contributed by atoms with Crippen molar-refractivity contribution in [2.24, 2.45) is 5.73 Å². The van der Waals surface area contributed by atoms with Crippen molar-refractivity contribution in [3.05, 3.63) is 87.1 Å². The minimum absolute atomic E-state index is 0.0212. The molecule has 8 heteroatoms. The van der Waals surface area contributed by atoms with Crippen molar-refractivity contribution < 1.29 is 27.5 Å². The Kier molecular flexibility index (Phi) is 4.54. The van der Waals surface area contributed by atoms with Crippen molar-refractivity contribution in [3.8, 4) is 5.75 Å². The predicted molar refractivity (Wildman–Crippen MR) is 99.2 cm³/mol. The van der Waals surface area contributed by atoms with Crippen LogP contribution in [0.15, 0.2) is 63.1 Å². The summed E-state index contributed by atoms with van der Waals surface area (Å²) in [5.41, 5.74) is 4.90. The van der Waals surface area contributed by atoms with E-state index in [0.29, 0.717) is 11.5 Å². The molecular formula is C21H15F2NO5. The first-order valence-corrected chi connectivity index (χ1v) is 8.77. The molecule has 1 aliphatic heterocycles. The summed E-state index contributed by atoms with van der Waals surface area (Å²) in [7, 11) is 0. The van der Waals surface area contributed by atoms with Gasteiger partial charge >= 0.3 is 11.6 Å². The molecule has 0 saturated carbocycles. The van der Waals surface area contributed by atoms with Crippen molar-refractivity contribution in [2.45, 2.75) is 12.8 Å². The fraction of sp³-hybridized carbons (Fsp3) is 0.143. The van der Waals surface area contributed by atoms with E-state index in [1.807, 2.05) is 0 Å². The number of fused-ring (bicyclic) bond motifs is 3. The lowest BCUT2D eigenvalue weighted by molar-refractivity contribution is -0.139. The topological polar surface area (TPSA) is 91.8 Å². The standard InChI is InChI=1S/C21H15F2NO5/c1-2-27-20(25)17-15(11-8-7-10(22)9-13(11)23)16-18(29-19(17)24)12-5-3-4-6-14(12)28-21(16)26/h3-9,15H,2,24H2,1H3/t15-/m1/s1. The van der Waals surface area contributed by atoms with Gasteiger partial charge in [0, 0.05) is 11.6 Å². The summed E-state index contributed by atoms with van der Waals surface area (Å²) >= 11 is 0. The Morgan fingerprint density at radius 1 is 1.21 bits per heavy atom. The van der Waals surface area contributed by atoms with Gasteiger partial charge in [0.05, 0.1) is 23.5 Å². The van der Waals surface area contributed by atoms with E-state index in [-0.39, 0.29) is 40.5 Å². The van der Waals surface area contributed by atoms with Gasteiger partial charge in [0.25, 0.3) is 0 Å². The molecule has 0 aliphatic carbocycles. The number of nitrogens with two attached hydrogens (primary N) is 1. The molecule has 4 rings (SSSR count). The van der Waals surface area contributed by atoms with Gasteiger partial charge in [-0.05, 0) is 25.1 Å². The Labute approximate surface area is 163 Å². The van der Waals surface area contributed by atoms with Crippen LogP contribution in [0.4, 0.5) is 8.78 Å². The molecular weight excluding hydrogens is 384 g/mol. The molecule has 0 unspecified atom stereocenters. The minimum atomic E-state index is -1.29. The third-order valence-electron chi connectivity index (χ3n) is 4.62. The van der Waals surface area contributed by atoms with Gasteiger partial charge in [-0.15, -0.1) is 0 Å². The quantitative estimate of drug-likeness (QED) is 0.537. The van der Waals surface area contributed by atoms with Crippen LogP contribution >= 0.6 is 0 Å². The Hall–Kier alpha value is -3.68. The molecule has 0 fully saturated rings. The Bertz CT molecular complexity index is 1230. The highest BCUT2D eigenvalue weighted by Crippen LogP contribution is 2.44. The van der Waals surface area contributed by atoms with Crippen molar-refractivity contribution in [1.29, 1.82) is 0 Å². The van der Waals surface area contributed by atoms with Crippen molar-refractivity contribution in [3.63, 3.8) is 0 Å². The first-order valence-electron chi connectivity index (χ1n) is 8.77. The maximum atomic E-state index is 14.7. The van der Waals surface area contributed by atoms with E-state index in [4.69, 9.17) is 19.6 Å². The van der Waals surface area contributed by atoms with E-state index in [2.05, 4.69) is 0 Å². The molecule has 0 saturated heterocycles. The zero-order valence-corrected chi connectivity index (χ0v) is 15.2. The zero-order valence-electron chi connectivity index (χ0n) is 15.2. The SMILES string of the molecule is CCOC(=O)C1=C(N)Oc2c(c(=O)oc3ccccc23)[C@H]1c1ccc(F)cc1F. The van der Waals surface area contributed by atoms with Gasteiger partial charge in [0.1, 0.15) is 22.8 Å². The van der Waals surface area contributed by atoms with Crippen LogP contribution < -0.4 is 16.1 Å². The molecule has 6 nitrogen and oxygen atoms in total. The lowest BCUT2D eigenvalue weighted by atomic mass is 9.83. The highest BCUT2D eigenvalue weighted by molar-refractivity contribution is 5.94. The van der Waals surface area contributed by atoms with Crippen LogP contribution in [-0.4, -0.2) is 12.6 Å². The van der Waals surface area contributed by atoms with Crippen LogP contribution in [0.2, 0.25) is 0 Å². The summed E-state index contributed by atoms with van der Waals surface area (Å²) in [5, 5.41) is 0.417. The fourth-order valence-corrected chi connectivity index (χ4v) is 3.42. The lowest BCUT2D eigenvalue weighted by Crippen LogP contribution is -2.31. The van der Waals surface area contributed by atoms with E-state index in [1.165, 1.54) is 0 Å². The zero-order chi connectivity index (χ0) is 20.7. The second-order valence-electron chi connectivity index (χ2n) is 6.33. The number of ether oxygens (including phenoxy) is 2. The smallest absolute Gasteiger partial charge is 0.344 e. The number of hydrogen-bond donors (Lipinski definition) is 1. The Balaban J connectivity index is 2.07. The van der Waals surface area contributed by atoms with E-state index in [1.54, 1.807) is 31.2 Å². The van der Waals surface area contributed by atoms with Crippen LogP contribution in [-0.2, 0) is 9.53 Å². The fourth-order valence-electron chi connectivity index (χ4n) is 3.42. The number of halogens is 2. The monoisotopic (exact) mass is 399 g/mol. The van der Waals surface area contributed by atoms with Crippen molar-refractivity contribution >= 4 is 16.9 Å². The molecule has 0 amide bonds.